The van der Waals surface area contributed by atoms with Crippen LogP contribution >= 0.6 is 0 Å². The van der Waals surface area contributed by atoms with E-state index in [-0.39, 0.29) is 18.2 Å². The lowest BCUT2D eigenvalue weighted by molar-refractivity contribution is -0.137. The van der Waals surface area contributed by atoms with Gasteiger partial charge in [-0.05, 0) is 90.4 Å². The zero-order valence-electron chi connectivity index (χ0n) is 23.8. The fourth-order valence-electron chi connectivity index (χ4n) is 6.15. The molecule has 0 saturated heterocycles. The Morgan fingerprint density at radius 1 is 1.07 bits per heavy atom. The fraction of sp³-hybridized carbons (Fsp3) is 0.294. The van der Waals surface area contributed by atoms with Crippen molar-refractivity contribution in [2.24, 2.45) is 0 Å². The Kier molecular flexibility index (Phi) is 7.45. The van der Waals surface area contributed by atoms with E-state index in [4.69, 9.17) is 18.9 Å². The maximum atomic E-state index is 15.3. The second-order valence-electron chi connectivity index (χ2n) is 10.9. The number of benzene rings is 3. The Balaban J connectivity index is 1.23. The molecule has 0 bridgehead atoms. The number of aryl methyl sites for hydroxylation is 2. The van der Waals surface area contributed by atoms with Crippen LogP contribution in [0.1, 0.15) is 58.2 Å². The van der Waals surface area contributed by atoms with Crippen molar-refractivity contribution in [2.45, 2.75) is 51.7 Å². The zero-order valence-corrected chi connectivity index (χ0v) is 23.8. The third-order valence-electron chi connectivity index (χ3n) is 8.04. The SMILES string of the molecule is COc1cc(COc2cc(C)c(-c3ccc(F)c4c3CCC4Oc3ccc4c(c3)OC[C@H]4CC(=O)O)c(C)c2)ccn1. The van der Waals surface area contributed by atoms with Crippen LogP contribution in [0.4, 0.5) is 4.39 Å². The number of rotatable bonds is 9. The van der Waals surface area contributed by atoms with E-state index in [0.717, 1.165) is 44.7 Å². The van der Waals surface area contributed by atoms with Gasteiger partial charge in [0, 0.05) is 35.4 Å². The van der Waals surface area contributed by atoms with Gasteiger partial charge in [-0.1, -0.05) is 12.1 Å². The van der Waals surface area contributed by atoms with Crippen molar-refractivity contribution in [3.63, 3.8) is 0 Å². The van der Waals surface area contributed by atoms with Crippen molar-refractivity contribution in [3.8, 4) is 34.3 Å². The van der Waals surface area contributed by atoms with Crippen LogP contribution in [0.15, 0.2) is 60.8 Å². The Bertz CT molecular complexity index is 1650. The maximum absolute atomic E-state index is 15.3. The Morgan fingerprint density at radius 2 is 1.88 bits per heavy atom. The van der Waals surface area contributed by atoms with Gasteiger partial charge in [-0.15, -0.1) is 0 Å². The first-order chi connectivity index (χ1) is 20.3. The molecule has 1 aliphatic heterocycles. The lowest BCUT2D eigenvalue weighted by atomic mass is 9.90. The molecule has 1 unspecified atom stereocenters. The van der Waals surface area contributed by atoms with Crippen molar-refractivity contribution < 1.29 is 33.2 Å². The molecule has 0 radical (unpaired) electrons. The molecule has 1 N–H and O–H groups in total. The molecule has 0 amide bonds. The smallest absolute Gasteiger partial charge is 0.304 e. The number of aliphatic carboxylic acids is 1. The van der Waals surface area contributed by atoms with E-state index in [1.54, 1.807) is 19.4 Å². The Hall–Kier alpha value is -4.59. The summed E-state index contributed by atoms with van der Waals surface area (Å²) in [7, 11) is 1.58. The van der Waals surface area contributed by atoms with Gasteiger partial charge in [-0.3, -0.25) is 4.79 Å². The minimum Gasteiger partial charge on any atom is -0.492 e. The van der Waals surface area contributed by atoms with Gasteiger partial charge in [0.2, 0.25) is 5.88 Å². The van der Waals surface area contributed by atoms with E-state index >= 15 is 4.39 Å². The number of halogens is 1. The minimum atomic E-state index is -0.857. The largest absolute Gasteiger partial charge is 0.492 e. The molecular weight excluding hydrogens is 537 g/mol. The van der Waals surface area contributed by atoms with Crippen LogP contribution in [-0.2, 0) is 17.8 Å². The number of fused-ring (bicyclic) bond motifs is 2. The van der Waals surface area contributed by atoms with E-state index in [1.165, 1.54) is 6.07 Å². The first-order valence-corrected chi connectivity index (χ1v) is 14.0. The quantitative estimate of drug-likeness (QED) is 0.230. The third kappa shape index (κ3) is 5.36. The van der Waals surface area contributed by atoms with Crippen molar-refractivity contribution in [1.82, 2.24) is 4.98 Å². The lowest BCUT2D eigenvalue weighted by Gasteiger charge is -2.19. The number of hydrogen-bond acceptors (Lipinski definition) is 6. The molecule has 1 aliphatic carbocycles. The van der Waals surface area contributed by atoms with Crippen LogP contribution in [-0.4, -0.2) is 29.8 Å². The van der Waals surface area contributed by atoms with Gasteiger partial charge in [0.1, 0.15) is 35.8 Å². The normalized spacial score (nSPS) is 16.9. The predicted octanol–water partition coefficient (Wildman–Crippen LogP) is 7.11. The maximum Gasteiger partial charge on any atom is 0.304 e. The summed E-state index contributed by atoms with van der Waals surface area (Å²) in [6.07, 6.45) is 2.62. The summed E-state index contributed by atoms with van der Waals surface area (Å²) in [5, 5.41) is 9.17. The summed E-state index contributed by atoms with van der Waals surface area (Å²) in [5.41, 5.74) is 7.53. The molecule has 42 heavy (non-hydrogen) atoms. The molecule has 2 aliphatic rings. The number of nitrogens with zero attached hydrogens (tertiary/aromatic N) is 1. The molecule has 4 aromatic rings. The highest BCUT2D eigenvalue weighted by atomic mass is 19.1. The minimum absolute atomic E-state index is 0.0170. The van der Waals surface area contributed by atoms with Crippen molar-refractivity contribution in [2.75, 3.05) is 13.7 Å². The highest BCUT2D eigenvalue weighted by Crippen LogP contribution is 2.45. The summed E-state index contributed by atoms with van der Waals surface area (Å²) in [4.78, 5) is 15.3. The van der Waals surface area contributed by atoms with Gasteiger partial charge in [-0.25, -0.2) is 9.37 Å². The average Bonchev–Trinajstić information content (AvgIpc) is 3.57. The first-order valence-electron chi connectivity index (χ1n) is 14.0. The molecule has 8 heteroatoms. The van der Waals surface area contributed by atoms with E-state index in [2.05, 4.69) is 4.98 Å². The van der Waals surface area contributed by atoms with E-state index in [9.17, 15) is 9.90 Å². The molecule has 2 heterocycles. The summed E-state index contributed by atoms with van der Waals surface area (Å²) in [6.45, 7) is 4.81. The van der Waals surface area contributed by atoms with E-state index in [0.29, 0.717) is 49.0 Å². The first kappa shape index (κ1) is 27.6. The molecule has 0 spiro atoms. The summed E-state index contributed by atoms with van der Waals surface area (Å²) < 4.78 is 38.7. The zero-order chi connectivity index (χ0) is 29.4. The number of methoxy groups -OCH3 is 1. The van der Waals surface area contributed by atoms with Gasteiger partial charge in [0.05, 0.1) is 20.1 Å². The van der Waals surface area contributed by atoms with Gasteiger partial charge in [0.15, 0.2) is 0 Å². The number of pyridine rings is 1. The highest BCUT2D eigenvalue weighted by Gasteiger charge is 2.32. The fourth-order valence-corrected chi connectivity index (χ4v) is 6.15. The van der Waals surface area contributed by atoms with Crippen LogP contribution in [0.25, 0.3) is 11.1 Å². The molecule has 2 atom stereocenters. The molecule has 3 aromatic carbocycles. The summed E-state index contributed by atoms with van der Waals surface area (Å²) >= 11 is 0. The lowest BCUT2D eigenvalue weighted by Crippen LogP contribution is -2.07. The summed E-state index contributed by atoms with van der Waals surface area (Å²) in [5.74, 6) is 1.19. The van der Waals surface area contributed by atoms with Gasteiger partial charge in [-0.2, -0.15) is 0 Å². The molecule has 0 fully saturated rings. The molecule has 6 rings (SSSR count). The second-order valence-corrected chi connectivity index (χ2v) is 10.9. The van der Waals surface area contributed by atoms with Crippen LogP contribution in [0.5, 0.6) is 23.1 Å². The molecule has 216 valence electrons. The van der Waals surface area contributed by atoms with E-state index < -0.39 is 12.1 Å². The van der Waals surface area contributed by atoms with Gasteiger partial charge < -0.3 is 24.1 Å². The van der Waals surface area contributed by atoms with Crippen LogP contribution < -0.4 is 18.9 Å². The van der Waals surface area contributed by atoms with Crippen molar-refractivity contribution in [3.05, 3.63) is 100.0 Å². The van der Waals surface area contributed by atoms with E-state index in [1.807, 2.05) is 56.3 Å². The predicted molar refractivity (Wildman–Crippen MR) is 155 cm³/mol. The van der Waals surface area contributed by atoms with Crippen molar-refractivity contribution in [1.29, 1.82) is 0 Å². The number of ether oxygens (including phenoxy) is 4. The number of carbonyl (C=O) groups is 1. The number of aromatic nitrogens is 1. The van der Waals surface area contributed by atoms with Gasteiger partial charge >= 0.3 is 5.97 Å². The second kappa shape index (κ2) is 11.4. The summed E-state index contributed by atoms with van der Waals surface area (Å²) in [6, 6.07) is 16.6. The van der Waals surface area contributed by atoms with Crippen LogP contribution in [0.2, 0.25) is 0 Å². The molecule has 7 nitrogen and oxygen atoms in total. The third-order valence-corrected chi connectivity index (χ3v) is 8.04. The standard InChI is InChI=1S/C34H32FNO6/c1-19-12-24(40-17-21-10-11-36-31(14-21)39-3)13-20(2)33(19)26-6-8-28(35)34-27(26)7-9-29(34)42-23-4-5-25-22(15-32(37)38)18-41-30(25)16-23/h4-6,8,10-14,16,22,29H,7,9,15,17-18H2,1-3H3,(H,37,38)/t22-,29?/m1/s1. The number of hydrogen-bond donors (Lipinski definition) is 1. The van der Waals surface area contributed by atoms with Gasteiger partial charge in [0.25, 0.3) is 0 Å². The number of carboxylic acids is 1. The van der Waals surface area contributed by atoms with Crippen LogP contribution in [0, 0.1) is 19.7 Å². The Labute approximate surface area is 243 Å². The average molecular weight is 570 g/mol. The highest BCUT2D eigenvalue weighted by molar-refractivity contribution is 5.76. The molecule has 1 aromatic heterocycles. The Morgan fingerprint density at radius 3 is 2.64 bits per heavy atom. The topological polar surface area (TPSA) is 87.1 Å². The molecule has 0 saturated carbocycles. The number of carboxylic acid groups (broad SMARTS) is 1. The van der Waals surface area contributed by atoms with Crippen molar-refractivity contribution >= 4 is 5.97 Å². The molecular formula is C34H32FNO6. The van der Waals surface area contributed by atoms with Crippen LogP contribution in [0.3, 0.4) is 0 Å². The monoisotopic (exact) mass is 569 g/mol.